The first-order valence-corrected chi connectivity index (χ1v) is 6.86. The van der Waals surface area contributed by atoms with Crippen LogP contribution in [-0.4, -0.2) is 28.7 Å². The Hall–Kier alpha value is -2.14. The van der Waals surface area contributed by atoms with Crippen LogP contribution in [0.1, 0.15) is 26.3 Å². The van der Waals surface area contributed by atoms with Gasteiger partial charge < -0.3 is 5.32 Å². The van der Waals surface area contributed by atoms with Gasteiger partial charge in [0.2, 0.25) is 5.91 Å². The predicted molar refractivity (Wildman–Crippen MR) is 80.5 cm³/mol. The monoisotopic (exact) mass is 306 g/mol. The van der Waals surface area contributed by atoms with Crippen molar-refractivity contribution in [3.63, 3.8) is 0 Å². The number of imide groups is 1. The van der Waals surface area contributed by atoms with E-state index in [0.29, 0.717) is 11.3 Å². The van der Waals surface area contributed by atoms with Crippen LogP contribution in [0.25, 0.3) is 5.57 Å². The van der Waals surface area contributed by atoms with Gasteiger partial charge in [-0.05, 0) is 31.5 Å². The van der Waals surface area contributed by atoms with Crippen LogP contribution in [-0.2, 0) is 14.4 Å². The van der Waals surface area contributed by atoms with Crippen LogP contribution in [0.5, 0.6) is 0 Å². The first-order valence-electron chi connectivity index (χ1n) is 6.48. The van der Waals surface area contributed by atoms with Gasteiger partial charge in [0, 0.05) is 18.7 Å². The van der Waals surface area contributed by atoms with Gasteiger partial charge >= 0.3 is 0 Å². The molecule has 0 saturated heterocycles. The molecule has 1 N–H and O–H groups in total. The van der Waals surface area contributed by atoms with Crippen LogP contribution < -0.4 is 5.32 Å². The first kappa shape index (κ1) is 15.3. The summed E-state index contributed by atoms with van der Waals surface area (Å²) in [5.41, 5.74) is 1.36. The molecule has 21 heavy (non-hydrogen) atoms. The van der Waals surface area contributed by atoms with Crippen molar-refractivity contribution in [1.29, 1.82) is 0 Å². The Morgan fingerprint density at radius 2 is 1.71 bits per heavy atom. The number of anilines is 1. The van der Waals surface area contributed by atoms with Crippen molar-refractivity contribution in [3.8, 4) is 0 Å². The van der Waals surface area contributed by atoms with Crippen molar-refractivity contribution in [1.82, 2.24) is 4.90 Å². The molecule has 3 amide bonds. The zero-order valence-corrected chi connectivity index (χ0v) is 12.7. The largest absolute Gasteiger partial charge is 0.326 e. The average Bonchev–Trinajstić information content (AvgIpc) is 2.61. The van der Waals surface area contributed by atoms with E-state index in [2.05, 4.69) is 5.32 Å². The lowest BCUT2D eigenvalue weighted by molar-refractivity contribution is -0.138. The molecule has 0 spiro atoms. The SMILES string of the molecule is CC(=O)Nc1ccc(C2=C(Cl)C(=O)N(C(C)C)C2=O)cc1. The Morgan fingerprint density at radius 1 is 1.14 bits per heavy atom. The van der Waals surface area contributed by atoms with Gasteiger partial charge in [0.05, 0.1) is 5.57 Å². The topological polar surface area (TPSA) is 66.5 Å². The number of nitrogens with zero attached hydrogens (tertiary/aromatic N) is 1. The van der Waals surface area contributed by atoms with E-state index in [-0.39, 0.29) is 22.6 Å². The van der Waals surface area contributed by atoms with Gasteiger partial charge in [0.15, 0.2) is 0 Å². The molecule has 1 aliphatic heterocycles. The molecule has 0 saturated carbocycles. The predicted octanol–water partition coefficient (Wildman–Crippen LogP) is 2.37. The zero-order valence-electron chi connectivity index (χ0n) is 11.9. The standard InChI is InChI=1S/C15H15ClN2O3/c1-8(2)18-14(20)12(13(16)15(18)21)10-4-6-11(7-5-10)17-9(3)19/h4-8H,1-3H3,(H,17,19). The maximum atomic E-state index is 12.3. The highest BCUT2D eigenvalue weighted by atomic mass is 35.5. The van der Waals surface area contributed by atoms with Crippen LogP contribution in [0.4, 0.5) is 5.69 Å². The Bertz CT molecular complexity index is 647. The fourth-order valence-corrected chi connectivity index (χ4v) is 2.44. The smallest absolute Gasteiger partial charge is 0.273 e. The van der Waals surface area contributed by atoms with Crippen LogP contribution in [0.3, 0.4) is 0 Å². The van der Waals surface area contributed by atoms with Gasteiger partial charge in [-0.15, -0.1) is 0 Å². The fraction of sp³-hybridized carbons (Fsp3) is 0.267. The van der Waals surface area contributed by atoms with E-state index in [1.165, 1.54) is 6.92 Å². The lowest BCUT2D eigenvalue weighted by Gasteiger charge is -2.18. The van der Waals surface area contributed by atoms with Gasteiger partial charge in [0.1, 0.15) is 5.03 Å². The maximum absolute atomic E-state index is 12.3. The van der Waals surface area contributed by atoms with Gasteiger partial charge in [-0.25, -0.2) is 0 Å². The lowest BCUT2D eigenvalue weighted by Crippen LogP contribution is -2.37. The highest BCUT2D eigenvalue weighted by Gasteiger charge is 2.39. The molecule has 1 heterocycles. The van der Waals surface area contributed by atoms with E-state index in [4.69, 9.17) is 11.6 Å². The van der Waals surface area contributed by atoms with Crippen molar-refractivity contribution in [2.24, 2.45) is 0 Å². The summed E-state index contributed by atoms with van der Waals surface area (Å²) < 4.78 is 0. The van der Waals surface area contributed by atoms with Crippen LogP contribution in [0.15, 0.2) is 29.3 Å². The van der Waals surface area contributed by atoms with Gasteiger partial charge in [0.25, 0.3) is 11.8 Å². The number of hydrogen-bond donors (Lipinski definition) is 1. The number of amides is 3. The highest BCUT2D eigenvalue weighted by molar-refractivity contribution is 6.55. The molecule has 1 aliphatic rings. The second-order valence-corrected chi connectivity index (χ2v) is 5.40. The molecule has 0 unspecified atom stereocenters. The molecule has 0 fully saturated rings. The minimum absolute atomic E-state index is 0.0685. The quantitative estimate of drug-likeness (QED) is 0.872. The fourth-order valence-electron chi connectivity index (χ4n) is 2.16. The van der Waals surface area contributed by atoms with E-state index >= 15 is 0 Å². The summed E-state index contributed by atoms with van der Waals surface area (Å²) in [6, 6.07) is 6.36. The average molecular weight is 307 g/mol. The molecule has 2 rings (SSSR count). The zero-order chi connectivity index (χ0) is 15.7. The number of nitrogens with one attached hydrogen (secondary N) is 1. The van der Waals surface area contributed by atoms with Crippen molar-refractivity contribution < 1.29 is 14.4 Å². The van der Waals surface area contributed by atoms with Crippen molar-refractivity contribution in [2.75, 3.05) is 5.32 Å². The Morgan fingerprint density at radius 3 is 2.14 bits per heavy atom. The van der Waals surface area contributed by atoms with E-state index in [1.54, 1.807) is 38.1 Å². The minimum atomic E-state index is -0.474. The molecule has 0 bridgehead atoms. The molecule has 1 aromatic carbocycles. The molecule has 0 aromatic heterocycles. The lowest BCUT2D eigenvalue weighted by atomic mass is 10.1. The van der Waals surface area contributed by atoms with Crippen LogP contribution in [0.2, 0.25) is 0 Å². The van der Waals surface area contributed by atoms with Gasteiger partial charge in [-0.2, -0.15) is 0 Å². The minimum Gasteiger partial charge on any atom is -0.326 e. The second kappa shape index (κ2) is 5.69. The van der Waals surface area contributed by atoms with Crippen LogP contribution >= 0.6 is 11.6 Å². The molecule has 1 aromatic rings. The molecule has 5 nitrogen and oxygen atoms in total. The van der Waals surface area contributed by atoms with E-state index in [0.717, 1.165) is 4.90 Å². The van der Waals surface area contributed by atoms with E-state index in [1.807, 2.05) is 0 Å². The molecule has 110 valence electrons. The number of carbonyl (C=O) groups is 3. The van der Waals surface area contributed by atoms with E-state index < -0.39 is 11.8 Å². The number of carbonyl (C=O) groups excluding carboxylic acids is 3. The third-order valence-electron chi connectivity index (χ3n) is 3.07. The van der Waals surface area contributed by atoms with Crippen molar-refractivity contribution >= 4 is 40.6 Å². The van der Waals surface area contributed by atoms with E-state index in [9.17, 15) is 14.4 Å². The normalized spacial score (nSPS) is 15.2. The van der Waals surface area contributed by atoms with Crippen molar-refractivity contribution in [3.05, 3.63) is 34.9 Å². The number of halogens is 1. The van der Waals surface area contributed by atoms with Gasteiger partial charge in [-0.1, -0.05) is 23.7 Å². The Labute approximate surface area is 127 Å². The number of hydrogen-bond acceptors (Lipinski definition) is 3. The number of rotatable bonds is 3. The molecular weight excluding hydrogens is 292 g/mol. The third-order valence-corrected chi connectivity index (χ3v) is 3.42. The summed E-state index contributed by atoms with van der Waals surface area (Å²) in [4.78, 5) is 36.4. The molecule has 0 aliphatic carbocycles. The Kier molecular flexibility index (Phi) is 4.14. The maximum Gasteiger partial charge on any atom is 0.273 e. The Balaban J connectivity index is 2.35. The molecule has 0 atom stereocenters. The summed E-state index contributed by atoms with van der Waals surface area (Å²) in [7, 11) is 0. The third kappa shape index (κ3) is 2.83. The summed E-state index contributed by atoms with van der Waals surface area (Å²) in [5, 5.41) is 2.56. The molecule has 6 heteroatoms. The molecule has 0 radical (unpaired) electrons. The highest BCUT2D eigenvalue weighted by Crippen LogP contribution is 2.33. The molecular formula is C15H15ClN2O3. The number of benzene rings is 1. The van der Waals surface area contributed by atoms with Crippen LogP contribution in [0, 0.1) is 0 Å². The summed E-state index contributed by atoms with van der Waals surface area (Å²) >= 11 is 6.02. The summed E-state index contributed by atoms with van der Waals surface area (Å²) in [5.74, 6) is -1.05. The van der Waals surface area contributed by atoms with Crippen molar-refractivity contribution in [2.45, 2.75) is 26.8 Å². The summed E-state index contributed by atoms with van der Waals surface area (Å²) in [6.45, 7) is 4.92. The first-order chi connectivity index (χ1) is 9.82. The second-order valence-electron chi connectivity index (χ2n) is 5.02. The van der Waals surface area contributed by atoms with Gasteiger partial charge in [-0.3, -0.25) is 19.3 Å². The summed E-state index contributed by atoms with van der Waals surface area (Å²) in [6.07, 6.45) is 0.